The molecule has 2 aliphatic heterocycles. The molecule has 86 valence electrons. The lowest BCUT2D eigenvalue weighted by Crippen LogP contribution is -2.44. The van der Waals surface area contributed by atoms with Crippen LogP contribution in [0.25, 0.3) is 0 Å². The smallest absolute Gasteiger partial charge is 0.227 e. The fourth-order valence-electron chi connectivity index (χ4n) is 2.51. The molecule has 1 N–H and O–H groups in total. The van der Waals surface area contributed by atoms with Crippen LogP contribution in [-0.2, 0) is 4.79 Å². The van der Waals surface area contributed by atoms with Gasteiger partial charge in [0.1, 0.15) is 0 Å². The van der Waals surface area contributed by atoms with E-state index in [1.165, 1.54) is 0 Å². The van der Waals surface area contributed by atoms with Crippen LogP contribution < -0.4 is 5.32 Å². The molecule has 0 bridgehead atoms. The highest BCUT2D eigenvalue weighted by atomic mass is 19.1. The Kier molecular flexibility index (Phi) is 3.57. The zero-order valence-corrected chi connectivity index (χ0v) is 9.04. The largest absolute Gasteiger partial charge is 0.342 e. The number of hydrogen-bond donors (Lipinski definition) is 1. The van der Waals surface area contributed by atoms with Crippen LogP contribution in [0.15, 0.2) is 0 Å². The predicted molar refractivity (Wildman–Crippen MR) is 56.3 cm³/mol. The molecular weight excluding hydrogens is 195 g/mol. The number of halogens is 1. The average Bonchev–Trinajstić information content (AvgIpc) is 2.81. The van der Waals surface area contributed by atoms with Crippen LogP contribution in [0, 0.1) is 11.8 Å². The Morgan fingerprint density at radius 2 is 2.33 bits per heavy atom. The summed E-state index contributed by atoms with van der Waals surface area (Å²) in [7, 11) is 0. The second-order valence-electron chi connectivity index (χ2n) is 4.64. The number of hydrogen-bond acceptors (Lipinski definition) is 2. The maximum Gasteiger partial charge on any atom is 0.227 e. The lowest BCUT2D eigenvalue weighted by molar-refractivity contribution is -0.136. The Bertz CT molecular complexity index is 229. The minimum absolute atomic E-state index is 0.0806. The summed E-state index contributed by atoms with van der Waals surface area (Å²) in [6.07, 6.45) is 2.83. The van der Waals surface area contributed by atoms with Crippen molar-refractivity contribution in [3.63, 3.8) is 0 Å². The van der Waals surface area contributed by atoms with Crippen LogP contribution in [0.5, 0.6) is 0 Å². The zero-order valence-electron chi connectivity index (χ0n) is 9.04. The minimum atomic E-state index is -0.285. The quantitative estimate of drug-likeness (QED) is 0.737. The van der Waals surface area contributed by atoms with Gasteiger partial charge in [0.05, 0.1) is 12.6 Å². The van der Waals surface area contributed by atoms with Crippen LogP contribution in [0.4, 0.5) is 4.39 Å². The van der Waals surface area contributed by atoms with Crippen molar-refractivity contribution in [2.45, 2.75) is 19.3 Å². The molecule has 0 saturated carbocycles. The van der Waals surface area contributed by atoms with Gasteiger partial charge in [0, 0.05) is 25.6 Å². The van der Waals surface area contributed by atoms with Gasteiger partial charge in [-0.25, -0.2) is 0 Å². The summed E-state index contributed by atoms with van der Waals surface area (Å²) < 4.78 is 12.5. The summed E-state index contributed by atoms with van der Waals surface area (Å²) >= 11 is 0. The molecule has 0 spiro atoms. The second kappa shape index (κ2) is 4.92. The third-order valence-electron chi connectivity index (χ3n) is 3.46. The molecule has 0 unspecified atom stereocenters. The van der Waals surface area contributed by atoms with E-state index in [0.717, 1.165) is 38.9 Å². The maximum absolute atomic E-state index is 12.5. The number of carbonyl (C=O) groups is 1. The molecule has 2 fully saturated rings. The van der Waals surface area contributed by atoms with Crippen molar-refractivity contribution in [2.75, 3.05) is 32.9 Å². The first kappa shape index (κ1) is 10.9. The standard InChI is InChI=1S/C11H19FN2O/c12-6-9-2-1-5-14(8-9)11(15)10-3-4-13-7-10/h9-10,13H,1-8H2/t9-,10+/m1/s1. The molecule has 2 aliphatic rings. The van der Waals surface area contributed by atoms with E-state index in [-0.39, 0.29) is 24.4 Å². The summed E-state index contributed by atoms with van der Waals surface area (Å²) in [6.45, 7) is 2.91. The molecule has 0 aromatic rings. The zero-order chi connectivity index (χ0) is 10.7. The molecule has 0 aliphatic carbocycles. The van der Waals surface area contributed by atoms with Gasteiger partial charge in [-0.1, -0.05) is 0 Å². The van der Waals surface area contributed by atoms with E-state index in [1.807, 2.05) is 4.90 Å². The third kappa shape index (κ3) is 2.48. The van der Waals surface area contributed by atoms with Gasteiger partial charge in [0.15, 0.2) is 0 Å². The van der Waals surface area contributed by atoms with E-state index in [0.29, 0.717) is 6.54 Å². The minimum Gasteiger partial charge on any atom is -0.342 e. The fraction of sp³-hybridized carbons (Fsp3) is 0.909. The predicted octanol–water partition coefficient (Wildman–Crippen LogP) is 0.804. The lowest BCUT2D eigenvalue weighted by atomic mass is 9.97. The van der Waals surface area contributed by atoms with Crippen molar-refractivity contribution in [3.8, 4) is 0 Å². The Labute approximate surface area is 90.0 Å². The van der Waals surface area contributed by atoms with Crippen LogP contribution in [0.2, 0.25) is 0 Å². The van der Waals surface area contributed by atoms with Crippen molar-refractivity contribution < 1.29 is 9.18 Å². The number of amides is 1. The molecule has 0 aromatic heterocycles. The molecule has 0 aromatic carbocycles. The first-order chi connectivity index (χ1) is 7.31. The Morgan fingerprint density at radius 1 is 1.47 bits per heavy atom. The Balaban J connectivity index is 1.88. The van der Waals surface area contributed by atoms with E-state index in [2.05, 4.69) is 5.32 Å². The molecule has 3 nitrogen and oxygen atoms in total. The first-order valence-electron chi connectivity index (χ1n) is 5.86. The Morgan fingerprint density at radius 3 is 3.00 bits per heavy atom. The van der Waals surface area contributed by atoms with Gasteiger partial charge in [-0.05, 0) is 25.8 Å². The summed E-state index contributed by atoms with van der Waals surface area (Å²) in [5.41, 5.74) is 0. The molecule has 2 saturated heterocycles. The van der Waals surface area contributed by atoms with E-state index in [9.17, 15) is 9.18 Å². The van der Waals surface area contributed by atoms with Gasteiger partial charge in [-0.3, -0.25) is 9.18 Å². The van der Waals surface area contributed by atoms with Crippen molar-refractivity contribution in [1.82, 2.24) is 10.2 Å². The molecule has 2 rings (SSSR count). The van der Waals surface area contributed by atoms with E-state index in [1.54, 1.807) is 0 Å². The molecule has 15 heavy (non-hydrogen) atoms. The SMILES string of the molecule is O=C([C@H]1CCNC1)N1CCC[C@H](CF)C1. The number of alkyl halides is 1. The summed E-state index contributed by atoms with van der Waals surface area (Å²) in [5.74, 6) is 0.457. The van der Waals surface area contributed by atoms with Crippen LogP contribution in [-0.4, -0.2) is 43.7 Å². The molecule has 2 heterocycles. The average molecular weight is 214 g/mol. The summed E-state index contributed by atoms with van der Waals surface area (Å²) in [5, 5.41) is 3.20. The number of piperidine rings is 1. The van der Waals surface area contributed by atoms with Crippen LogP contribution in [0.3, 0.4) is 0 Å². The van der Waals surface area contributed by atoms with Gasteiger partial charge in [0.25, 0.3) is 0 Å². The molecule has 0 radical (unpaired) electrons. The van der Waals surface area contributed by atoms with Gasteiger partial charge in [0.2, 0.25) is 5.91 Å². The highest BCUT2D eigenvalue weighted by Gasteiger charge is 2.30. The molecule has 2 atom stereocenters. The maximum atomic E-state index is 12.5. The number of likely N-dealkylation sites (tertiary alicyclic amines) is 1. The summed E-state index contributed by atoms with van der Waals surface area (Å²) in [6, 6.07) is 0. The number of nitrogens with zero attached hydrogens (tertiary/aromatic N) is 1. The lowest BCUT2D eigenvalue weighted by Gasteiger charge is -2.33. The normalized spacial score (nSPS) is 31.9. The summed E-state index contributed by atoms with van der Waals surface area (Å²) in [4.78, 5) is 13.9. The third-order valence-corrected chi connectivity index (χ3v) is 3.46. The van der Waals surface area contributed by atoms with E-state index < -0.39 is 0 Å². The number of nitrogens with one attached hydrogen (secondary N) is 1. The number of rotatable bonds is 2. The van der Waals surface area contributed by atoms with E-state index in [4.69, 9.17) is 0 Å². The topological polar surface area (TPSA) is 32.3 Å². The van der Waals surface area contributed by atoms with Gasteiger partial charge in [-0.2, -0.15) is 0 Å². The van der Waals surface area contributed by atoms with E-state index >= 15 is 0 Å². The van der Waals surface area contributed by atoms with Crippen LogP contribution >= 0.6 is 0 Å². The van der Waals surface area contributed by atoms with Crippen molar-refractivity contribution >= 4 is 5.91 Å². The van der Waals surface area contributed by atoms with Crippen LogP contribution in [0.1, 0.15) is 19.3 Å². The highest BCUT2D eigenvalue weighted by Crippen LogP contribution is 2.20. The molecule has 4 heteroatoms. The van der Waals surface area contributed by atoms with Crippen molar-refractivity contribution in [2.24, 2.45) is 11.8 Å². The highest BCUT2D eigenvalue weighted by molar-refractivity contribution is 5.79. The van der Waals surface area contributed by atoms with Gasteiger partial charge in [-0.15, -0.1) is 0 Å². The molecular formula is C11H19FN2O. The second-order valence-corrected chi connectivity index (χ2v) is 4.64. The molecule has 1 amide bonds. The monoisotopic (exact) mass is 214 g/mol. The number of carbonyl (C=O) groups excluding carboxylic acids is 1. The first-order valence-corrected chi connectivity index (χ1v) is 5.86. The fourth-order valence-corrected chi connectivity index (χ4v) is 2.51. The van der Waals surface area contributed by atoms with Crippen molar-refractivity contribution in [1.29, 1.82) is 0 Å². The van der Waals surface area contributed by atoms with Crippen molar-refractivity contribution in [3.05, 3.63) is 0 Å². The van der Waals surface area contributed by atoms with Gasteiger partial charge < -0.3 is 10.2 Å². The Hall–Kier alpha value is -0.640. The van der Waals surface area contributed by atoms with Gasteiger partial charge >= 0.3 is 0 Å².